The smallest absolute Gasteiger partial charge is 0.410 e. The number of thiophene rings is 1. The fourth-order valence-corrected chi connectivity index (χ4v) is 2.82. The normalized spacial score (nSPS) is 11.1. The molecule has 0 bridgehead atoms. The van der Waals surface area contributed by atoms with Crippen molar-refractivity contribution >= 4 is 23.7 Å². The third-order valence-electron chi connectivity index (χ3n) is 2.97. The monoisotopic (exact) mass is 332 g/mol. The SMILES string of the molecule is CC(C)(C)OC(=O)N(Cc1ccccn1)Cc1sccc1C=O. The third-order valence-corrected chi connectivity index (χ3v) is 3.89. The van der Waals surface area contributed by atoms with Crippen LogP contribution in [0.3, 0.4) is 0 Å². The summed E-state index contributed by atoms with van der Waals surface area (Å²) in [5.74, 6) is 0. The molecule has 0 spiro atoms. The molecule has 2 heterocycles. The largest absolute Gasteiger partial charge is 0.444 e. The van der Waals surface area contributed by atoms with Crippen molar-refractivity contribution in [3.05, 3.63) is 52.0 Å². The van der Waals surface area contributed by atoms with Gasteiger partial charge in [0.2, 0.25) is 0 Å². The Labute approximate surface area is 139 Å². The molecule has 5 nitrogen and oxygen atoms in total. The number of ether oxygens (including phenoxy) is 1. The lowest BCUT2D eigenvalue weighted by atomic mass is 10.2. The molecule has 0 aliphatic heterocycles. The molecular weight excluding hydrogens is 312 g/mol. The summed E-state index contributed by atoms with van der Waals surface area (Å²) in [6.45, 7) is 6.12. The number of pyridine rings is 1. The Morgan fingerprint density at radius 1 is 1.30 bits per heavy atom. The number of aldehydes is 1. The Morgan fingerprint density at radius 3 is 2.70 bits per heavy atom. The maximum Gasteiger partial charge on any atom is 0.410 e. The van der Waals surface area contributed by atoms with E-state index in [1.165, 1.54) is 11.3 Å². The number of aromatic nitrogens is 1. The van der Waals surface area contributed by atoms with Gasteiger partial charge in [0, 0.05) is 16.6 Å². The van der Waals surface area contributed by atoms with E-state index in [9.17, 15) is 9.59 Å². The van der Waals surface area contributed by atoms with Gasteiger partial charge in [-0.3, -0.25) is 14.7 Å². The summed E-state index contributed by atoms with van der Waals surface area (Å²) in [5, 5.41) is 1.84. The van der Waals surface area contributed by atoms with Gasteiger partial charge in [-0.1, -0.05) is 6.07 Å². The average Bonchev–Trinajstić information content (AvgIpc) is 2.93. The summed E-state index contributed by atoms with van der Waals surface area (Å²) in [6.07, 6.45) is 2.07. The van der Waals surface area contributed by atoms with E-state index >= 15 is 0 Å². The second-order valence-electron chi connectivity index (χ2n) is 6.07. The minimum absolute atomic E-state index is 0.317. The molecule has 0 fully saturated rings. The van der Waals surface area contributed by atoms with Gasteiger partial charge < -0.3 is 4.74 Å². The van der Waals surface area contributed by atoms with Crippen LogP contribution >= 0.6 is 11.3 Å². The van der Waals surface area contributed by atoms with Gasteiger partial charge in [0.1, 0.15) is 5.60 Å². The lowest BCUT2D eigenvalue weighted by Crippen LogP contribution is -2.36. The molecule has 0 aliphatic carbocycles. The molecule has 0 radical (unpaired) electrons. The fourth-order valence-electron chi connectivity index (χ4n) is 1.96. The lowest BCUT2D eigenvalue weighted by molar-refractivity contribution is 0.0215. The molecule has 0 N–H and O–H groups in total. The first kappa shape index (κ1) is 17.1. The molecule has 2 rings (SSSR count). The molecule has 0 saturated heterocycles. The van der Waals surface area contributed by atoms with Crippen molar-refractivity contribution in [1.82, 2.24) is 9.88 Å². The van der Waals surface area contributed by atoms with Gasteiger partial charge in [-0.25, -0.2) is 4.79 Å². The summed E-state index contributed by atoms with van der Waals surface area (Å²) in [4.78, 5) is 30.2. The Balaban J connectivity index is 2.20. The van der Waals surface area contributed by atoms with Crippen LogP contribution in [0.2, 0.25) is 0 Å². The third kappa shape index (κ3) is 5.17. The predicted molar refractivity (Wildman–Crippen MR) is 89.4 cm³/mol. The number of rotatable bonds is 5. The molecule has 6 heteroatoms. The summed E-state index contributed by atoms with van der Waals surface area (Å²) in [6, 6.07) is 7.30. The van der Waals surface area contributed by atoms with Gasteiger partial charge in [-0.05, 0) is 44.4 Å². The van der Waals surface area contributed by atoms with Gasteiger partial charge in [-0.2, -0.15) is 0 Å². The van der Waals surface area contributed by atoms with Crippen LogP contribution in [0.15, 0.2) is 35.8 Å². The van der Waals surface area contributed by atoms with Gasteiger partial charge in [0.05, 0.1) is 18.8 Å². The topological polar surface area (TPSA) is 59.5 Å². The highest BCUT2D eigenvalue weighted by Gasteiger charge is 2.23. The molecule has 0 saturated carbocycles. The minimum atomic E-state index is -0.581. The van der Waals surface area contributed by atoms with E-state index in [1.54, 1.807) is 17.2 Å². The first-order valence-corrected chi connectivity index (χ1v) is 8.16. The molecule has 2 aromatic heterocycles. The molecule has 2 aromatic rings. The molecular formula is C17H20N2O3S. The molecule has 1 amide bonds. The number of hydrogen-bond acceptors (Lipinski definition) is 5. The molecule has 0 aliphatic rings. The number of nitrogens with zero attached hydrogens (tertiary/aromatic N) is 2. The standard InChI is InChI=1S/C17H20N2O3S/c1-17(2,3)22-16(21)19(10-14-6-4-5-8-18-14)11-15-13(12-20)7-9-23-15/h4-9,12H,10-11H2,1-3H3. The van der Waals surface area contributed by atoms with Crippen LogP contribution in [0, 0.1) is 0 Å². The Kier molecular flexibility index (Phi) is 5.50. The van der Waals surface area contributed by atoms with Gasteiger partial charge in [0.25, 0.3) is 0 Å². The van der Waals surface area contributed by atoms with Crippen LogP contribution in [0.4, 0.5) is 4.79 Å². The van der Waals surface area contributed by atoms with Gasteiger partial charge in [-0.15, -0.1) is 11.3 Å². The van der Waals surface area contributed by atoms with E-state index in [2.05, 4.69) is 4.98 Å². The second kappa shape index (κ2) is 7.37. The van der Waals surface area contributed by atoms with E-state index in [-0.39, 0.29) is 0 Å². The number of amides is 1. The van der Waals surface area contributed by atoms with E-state index in [4.69, 9.17) is 4.74 Å². The van der Waals surface area contributed by atoms with E-state index in [0.29, 0.717) is 18.7 Å². The zero-order valence-corrected chi connectivity index (χ0v) is 14.3. The summed E-state index contributed by atoms with van der Waals surface area (Å²) in [7, 11) is 0. The predicted octanol–water partition coefficient (Wildman–Crippen LogP) is 3.89. The van der Waals surface area contributed by atoms with Crippen molar-refractivity contribution in [3.63, 3.8) is 0 Å². The molecule has 0 unspecified atom stereocenters. The van der Waals surface area contributed by atoms with Crippen molar-refractivity contribution in [1.29, 1.82) is 0 Å². The van der Waals surface area contributed by atoms with Gasteiger partial charge in [0.15, 0.2) is 6.29 Å². The van der Waals surface area contributed by atoms with Crippen molar-refractivity contribution in [2.75, 3.05) is 0 Å². The molecule has 23 heavy (non-hydrogen) atoms. The van der Waals surface area contributed by atoms with Crippen LogP contribution in [-0.2, 0) is 17.8 Å². The minimum Gasteiger partial charge on any atom is -0.444 e. The van der Waals surface area contributed by atoms with Crippen LogP contribution in [-0.4, -0.2) is 27.9 Å². The van der Waals surface area contributed by atoms with Crippen molar-refractivity contribution in [2.45, 2.75) is 39.5 Å². The van der Waals surface area contributed by atoms with Crippen LogP contribution in [0.25, 0.3) is 0 Å². The van der Waals surface area contributed by atoms with Crippen molar-refractivity contribution < 1.29 is 14.3 Å². The maximum absolute atomic E-state index is 12.5. The molecule has 122 valence electrons. The first-order valence-electron chi connectivity index (χ1n) is 7.28. The summed E-state index contributed by atoms with van der Waals surface area (Å²) < 4.78 is 5.47. The van der Waals surface area contributed by atoms with Crippen molar-refractivity contribution in [2.24, 2.45) is 0 Å². The highest BCUT2D eigenvalue weighted by molar-refractivity contribution is 7.10. The lowest BCUT2D eigenvalue weighted by Gasteiger charge is -2.27. The van der Waals surface area contributed by atoms with Crippen molar-refractivity contribution in [3.8, 4) is 0 Å². The van der Waals surface area contributed by atoms with Crippen LogP contribution in [0.1, 0.15) is 41.7 Å². The fraction of sp³-hybridized carbons (Fsp3) is 0.353. The average molecular weight is 332 g/mol. The number of carbonyl (C=O) groups excluding carboxylic acids is 2. The summed E-state index contributed by atoms with van der Waals surface area (Å²) in [5.41, 5.74) is 0.787. The van der Waals surface area contributed by atoms with Crippen LogP contribution < -0.4 is 0 Å². The second-order valence-corrected chi connectivity index (χ2v) is 7.08. The molecule has 0 atom stereocenters. The Hall–Kier alpha value is -2.21. The zero-order valence-electron chi connectivity index (χ0n) is 13.5. The quantitative estimate of drug-likeness (QED) is 0.779. The molecule has 0 aromatic carbocycles. The van der Waals surface area contributed by atoms with E-state index < -0.39 is 11.7 Å². The number of carbonyl (C=O) groups is 2. The maximum atomic E-state index is 12.5. The highest BCUT2D eigenvalue weighted by Crippen LogP contribution is 2.20. The first-order chi connectivity index (χ1) is 10.9. The van der Waals surface area contributed by atoms with E-state index in [0.717, 1.165) is 16.9 Å². The highest BCUT2D eigenvalue weighted by atomic mass is 32.1. The van der Waals surface area contributed by atoms with Crippen LogP contribution in [0.5, 0.6) is 0 Å². The van der Waals surface area contributed by atoms with Gasteiger partial charge >= 0.3 is 6.09 Å². The number of hydrogen-bond donors (Lipinski definition) is 0. The Bertz CT molecular complexity index is 662. The Morgan fingerprint density at radius 2 is 2.09 bits per heavy atom. The van der Waals surface area contributed by atoms with E-state index in [1.807, 2.05) is 44.4 Å². The zero-order chi connectivity index (χ0) is 16.9. The summed E-state index contributed by atoms with van der Waals surface area (Å²) >= 11 is 1.45.